The smallest absolute Gasteiger partial charge is 0.133 e. The molecule has 3 atom stereocenters. The van der Waals surface area contributed by atoms with E-state index in [1.807, 2.05) is 18.2 Å². The first kappa shape index (κ1) is 15.3. The Balaban J connectivity index is 1.84. The fraction of sp³-hybridized carbons (Fsp3) is 0.588. The van der Waals surface area contributed by atoms with Crippen molar-refractivity contribution < 1.29 is 4.74 Å². The van der Waals surface area contributed by atoms with Gasteiger partial charge < -0.3 is 10.5 Å². The molecule has 0 saturated heterocycles. The number of rotatable bonds is 3. The number of hydrogen-bond acceptors (Lipinski definition) is 2. The zero-order chi connectivity index (χ0) is 15.4. The zero-order valence-corrected chi connectivity index (χ0v) is 15.2. The molecule has 21 heavy (non-hydrogen) atoms. The molecule has 0 heterocycles. The normalized spacial score (nSPS) is 33.1. The Morgan fingerprint density at radius 1 is 1.38 bits per heavy atom. The second-order valence-electron chi connectivity index (χ2n) is 7.23. The van der Waals surface area contributed by atoms with Crippen LogP contribution in [0.5, 0.6) is 5.75 Å². The summed E-state index contributed by atoms with van der Waals surface area (Å²) in [6, 6.07) is 5.85. The lowest BCUT2D eigenvalue weighted by molar-refractivity contribution is 0.0297. The minimum absolute atomic E-state index is 0.263. The first-order valence-corrected chi connectivity index (χ1v) is 8.72. The Bertz CT molecular complexity index is 600. The minimum atomic E-state index is 0.263. The molecule has 114 valence electrons. The molecule has 2 aliphatic carbocycles. The summed E-state index contributed by atoms with van der Waals surface area (Å²) in [6.07, 6.45) is 4.05. The third-order valence-electron chi connectivity index (χ3n) is 6.20. The lowest BCUT2D eigenvalue weighted by Gasteiger charge is -2.39. The summed E-state index contributed by atoms with van der Waals surface area (Å²) >= 11 is 8.60. The van der Waals surface area contributed by atoms with Crippen molar-refractivity contribution in [3.05, 3.63) is 28.2 Å². The summed E-state index contributed by atoms with van der Waals surface area (Å²) in [5.41, 5.74) is 7.16. The molecule has 0 aliphatic heterocycles. The molecule has 0 spiro atoms. The molecular formula is C17H22BrNOS. The monoisotopic (exact) mass is 367 g/mol. The molecule has 0 aromatic heterocycles. The predicted octanol–water partition coefficient (Wildman–Crippen LogP) is 4.68. The molecular weight excluding hydrogens is 346 g/mol. The van der Waals surface area contributed by atoms with Gasteiger partial charge in [-0.1, -0.05) is 33.0 Å². The molecule has 2 aliphatic rings. The van der Waals surface area contributed by atoms with Crippen LogP contribution in [0.4, 0.5) is 0 Å². The summed E-state index contributed by atoms with van der Waals surface area (Å²) in [5, 5.41) is 0. The standard InChI is InChI=1S/C17H22BrNOS/c1-16(2)11-6-7-17(16,3)14(9-11)20-13-5-4-10(15(19)21)8-12(13)18/h4-5,8,11,14H,6-7,9H2,1-3H3,(H2,19,21). The zero-order valence-electron chi connectivity index (χ0n) is 12.8. The SMILES string of the molecule is CC1(C)C2CCC1(C)C(Oc1ccc(C(N)=S)cc1Br)C2. The molecule has 3 rings (SSSR count). The van der Waals surface area contributed by atoms with E-state index in [1.54, 1.807) is 0 Å². The summed E-state index contributed by atoms with van der Waals surface area (Å²) in [6.45, 7) is 7.19. The fourth-order valence-electron chi connectivity index (χ4n) is 4.21. The van der Waals surface area contributed by atoms with Crippen LogP contribution in [0.1, 0.15) is 45.6 Å². The van der Waals surface area contributed by atoms with Crippen molar-refractivity contribution in [1.29, 1.82) is 0 Å². The number of benzene rings is 1. The van der Waals surface area contributed by atoms with Crippen LogP contribution in [-0.4, -0.2) is 11.1 Å². The molecule has 2 fully saturated rings. The van der Waals surface area contributed by atoms with Crippen LogP contribution in [0.25, 0.3) is 0 Å². The summed E-state index contributed by atoms with van der Waals surface area (Å²) in [4.78, 5) is 0.412. The number of thiocarbonyl (C=S) groups is 1. The Morgan fingerprint density at radius 3 is 2.57 bits per heavy atom. The van der Waals surface area contributed by atoms with Crippen molar-refractivity contribution in [2.75, 3.05) is 0 Å². The molecule has 3 unspecified atom stereocenters. The Labute approximate surface area is 140 Å². The lowest BCUT2D eigenvalue weighted by Crippen LogP contribution is -2.38. The van der Waals surface area contributed by atoms with Crippen molar-refractivity contribution in [2.24, 2.45) is 22.5 Å². The maximum absolute atomic E-state index is 6.38. The number of fused-ring (bicyclic) bond motifs is 2. The predicted molar refractivity (Wildman–Crippen MR) is 93.7 cm³/mol. The minimum Gasteiger partial charge on any atom is -0.489 e. The van der Waals surface area contributed by atoms with Gasteiger partial charge in [-0.25, -0.2) is 0 Å². The van der Waals surface area contributed by atoms with E-state index in [4.69, 9.17) is 22.7 Å². The van der Waals surface area contributed by atoms with Gasteiger partial charge in [-0.3, -0.25) is 0 Å². The van der Waals surface area contributed by atoms with Crippen LogP contribution in [0.3, 0.4) is 0 Å². The third-order valence-corrected chi connectivity index (χ3v) is 7.05. The molecule has 0 radical (unpaired) electrons. The van der Waals surface area contributed by atoms with Crippen LogP contribution in [-0.2, 0) is 0 Å². The van der Waals surface area contributed by atoms with Crippen LogP contribution >= 0.6 is 28.1 Å². The Hall–Kier alpha value is -0.610. The molecule has 1 aromatic rings. The number of ether oxygens (including phenoxy) is 1. The van der Waals surface area contributed by atoms with Crippen molar-refractivity contribution in [3.63, 3.8) is 0 Å². The van der Waals surface area contributed by atoms with Crippen molar-refractivity contribution in [2.45, 2.75) is 46.1 Å². The van der Waals surface area contributed by atoms with Crippen LogP contribution < -0.4 is 10.5 Å². The highest BCUT2D eigenvalue weighted by atomic mass is 79.9. The van der Waals surface area contributed by atoms with E-state index < -0.39 is 0 Å². The van der Waals surface area contributed by atoms with Gasteiger partial charge in [-0.15, -0.1) is 0 Å². The lowest BCUT2D eigenvalue weighted by atomic mass is 9.70. The highest BCUT2D eigenvalue weighted by Gasteiger charge is 2.62. The van der Waals surface area contributed by atoms with Gasteiger partial charge in [-0.2, -0.15) is 0 Å². The number of hydrogen-bond donors (Lipinski definition) is 1. The summed E-state index contributed by atoms with van der Waals surface area (Å²) in [5.74, 6) is 1.67. The number of nitrogens with two attached hydrogens (primary N) is 1. The highest BCUT2D eigenvalue weighted by molar-refractivity contribution is 9.10. The highest BCUT2D eigenvalue weighted by Crippen LogP contribution is 2.66. The maximum Gasteiger partial charge on any atom is 0.133 e. The summed E-state index contributed by atoms with van der Waals surface area (Å²) in [7, 11) is 0. The number of halogens is 1. The van der Waals surface area contributed by atoms with Crippen molar-refractivity contribution in [3.8, 4) is 5.75 Å². The molecule has 2 saturated carbocycles. The van der Waals surface area contributed by atoms with E-state index in [0.29, 0.717) is 16.5 Å². The molecule has 2 bridgehead atoms. The average molecular weight is 368 g/mol. The van der Waals surface area contributed by atoms with Gasteiger partial charge in [0.1, 0.15) is 16.8 Å². The molecule has 2 nitrogen and oxygen atoms in total. The van der Waals surface area contributed by atoms with Gasteiger partial charge in [0.2, 0.25) is 0 Å². The second-order valence-corrected chi connectivity index (χ2v) is 8.52. The topological polar surface area (TPSA) is 35.2 Å². The van der Waals surface area contributed by atoms with E-state index in [-0.39, 0.29) is 5.41 Å². The second kappa shape index (κ2) is 4.95. The van der Waals surface area contributed by atoms with Gasteiger partial charge in [-0.05, 0) is 64.7 Å². The third kappa shape index (κ3) is 2.22. The first-order valence-electron chi connectivity index (χ1n) is 7.52. The van der Waals surface area contributed by atoms with Gasteiger partial charge in [0.05, 0.1) is 4.47 Å². The molecule has 2 N–H and O–H groups in total. The van der Waals surface area contributed by atoms with Gasteiger partial charge in [0, 0.05) is 11.0 Å². The maximum atomic E-state index is 6.38. The first-order chi connectivity index (χ1) is 9.75. The van der Waals surface area contributed by atoms with Gasteiger partial charge in [0.25, 0.3) is 0 Å². The van der Waals surface area contributed by atoms with Crippen LogP contribution in [0.15, 0.2) is 22.7 Å². The van der Waals surface area contributed by atoms with Crippen molar-refractivity contribution in [1.82, 2.24) is 0 Å². The fourth-order valence-corrected chi connectivity index (χ4v) is 4.81. The molecule has 0 amide bonds. The largest absolute Gasteiger partial charge is 0.489 e. The van der Waals surface area contributed by atoms with E-state index in [1.165, 1.54) is 12.8 Å². The molecule has 4 heteroatoms. The molecule has 1 aromatic carbocycles. The van der Waals surface area contributed by atoms with Crippen molar-refractivity contribution >= 4 is 33.1 Å². The van der Waals surface area contributed by atoms with Gasteiger partial charge >= 0.3 is 0 Å². The average Bonchev–Trinajstić information content (AvgIpc) is 2.74. The van der Waals surface area contributed by atoms with E-state index in [9.17, 15) is 0 Å². The Morgan fingerprint density at radius 2 is 2.10 bits per heavy atom. The van der Waals surface area contributed by atoms with Crippen LogP contribution in [0, 0.1) is 16.7 Å². The quantitative estimate of drug-likeness (QED) is 0.787. The van der Waals surface area contributed by atoms with Crippen LogP contribution in [0.2, 0.25) is 0 Å². The van der Waals surface area contributed by atoms with E-state index >= 15 is 0 Å². The van der Waals surface area contributed by atoms with Gasteiger partial charge in [0.15, 0.2) is 0 Å². The van der Waals surface area contributed by atoms with E-state index in [2.05, 4.69) is 36.7 Å². The summed E-state index contributed by atoms with van der Waals surface area (Å²) < 4.78 is 7.31. The van der Waals surface area contributed by atoms with E-state index in [0.717, 1.165) is 28.1 Å². The Kier molecular flexibility index (Phi) is 3.61.